The Labute approximate surface area is 176 Å². The average Bonchev–Trinajstić information content (AvgIpc) is 2.56. The predicted octanol–water partition coefficient (Wildman–Crippen LogP) is 2.05. The summed E-state index contributed by atoms with van der Waals surface area (Å²) < 4.78 is 30.2. The smallest absolute Gasteiger partial charge is 0.299 e. The van der Waals surface area contributed by atoms with Crippen LogP contribution in [0.5, 0.6) is 0 Å². The van der Waals surface area contributed by atoms with E-state index in [4.69, 9.17) is 0 Å². The fraction of sp³-hybridized carbons (Fsp3) is 0.667. The third kappa shape index (κ3) is 12.5. The maximum absolute atomic E-state index is 12.4. The Morgan fingerprint density at radius 2 is 1.62 bits per heavy atom. The second-order valence-corrected chi connectivity index (χ2v) is 10.1. The van der Waals surface area contributed by atoms with Gasteiger partial charge in [-0.2, -0.15) is 13.1 Å². The molecule has 0 aliphatic rings. The third-order valence-corrected chi connectivity index (χ3v) is 5.68. The molecule has 1 aromatic rings. The molecule has 7 nitrogen and oxygen atoms in total. The summed E-state index contributed by atoms with van der Waals surface area (Å²) in [7, 11) is 1.71. The lowest BCUT2D eigenvalue weighted by Crippen LogP contribution is -2.51. The summed E-state index contributed by atoms with van der Waals surface area (Å²) in [6, 6.07) is 6.56. The van der Waals surface area contributed by atoms with Gasteiger partial charge in [-0.3, -0.25) is 4.72 Å². The number of carbonyl (C=O) groups excluding carboxylic acids is 1. The maximum Gasteiger partial charge on any atom is 0.299 e. The zero-order valence-corrected chi connectivity index (χ0v) is 19.1. The van der Waals surface area contributed by atoms with Crippen LogP contribution in [0.15, 0.2) is 24.3 Å². The van der Waals surface area contributed by atoms with Gasteiger partial charge in [0.25, 0.3) is 10.2 Å². The molecule has 0 aliphatic carbocycles. The fourth-order valence-corrected chi connectivity index (χ4v) is 4.36. The maximum atomic E-state index is 12.4. The molecule has 0 aromatic heterocycles. The highest BCUT2D eigenvalue weighted by Gasteiger charge is 2.23. The Balaban J connectivity index is 2.58. The van der Waals surface area contributed by atoms with E-state index in [1.165, 1.54) is 37.7 Å². The van der Waals surface area contributed by atoms with Crippen molar-refractivity contribution in [2.45, 2.75) is 64.3 Å². The average molecular weight is 428 g/mol. The van der Waals surface area contributed by atoms with E-state index in [0.717, 1.165) is 12.8 Å². The molecule has 1 atom stereocenters. The first-order valence-corrected chi connectivity index (χ1v) is 11.9. The number of quaternary nitrogens is 1. The summed E-state index contributed by atoms with van der Waals surface area (Å²) in [6.07, 6.45) is 8.03. The van der Waals surface area contributed by atoms with E-state index in [9.17, 15) is 18.3 Å². The van der Waals surface area contributed by atoms with Crippen molar-refractivity contribution in [3.8, 4) is 0 Å². The highest BCUT2D eigenvalue weighted by molar-refractivity contribution is 7.90. The number of rotatable bonds is 15. The second kappa shape index (κ2) is 12.1. The third-order valence-electron chi connectivity index (χ3n) is 4.53. The van der Waals surface area contributed by atoms with Gasteiger partial charge >= 0.3 is 0 Å². The van der Waals surface area contributed by atoms with Crippen molar-refractivity contribution in [2.75, 3.05) is 32.4 Å². The summed E-state index contributed by atoms with van der Waals surface area (Å²) in [4.78, 5) is 11.0. The lowest BCUT2D eigenvalue weighted by Gasteiger charge is -2.29. The zero-order chi connectivity index (χ0) is 21.9. The van der Waals surface area contributed by atoms with Crippen molar-refractivity contribution >= 4 is 21.9 Å². The number of hydrogen-bond acceptors (Lipinski definition) is 4. The lowest BCUT2D eigenvalue weighted by atomic mass is 10.0. The number of carboxylic acids is 1. The molecule has 2 N–H and O–H groups in total. The van der Waals surface area contributed by atoms with E-state index in [-0.39, 0.29) is 6.42 Å². The van der Waals surface area contributed by atoms with Crippen molar-refractivity contribution in [2.24, 2.45) is 0 Å². The first-order chi connectivity index (χ1) is 13.5. The first kappa shape index (κ1) is 25.4. The number of benzene rings is 1. The summed E-state index contributed by atoms with van der Waals surface area (Å²) >= 11 is 0. The number of carbonyl (C=O) groups is 1. The molecule has 1 unspecified atom stereocenters. The molecule has 166 valence electrons. The highest BCUT2D eigenvalue weighted by Crippen LogP contribution is 2.15. The number of unbranched alkanes of at least 4 members (excludes halogenated alkanes) is 5. The Morgan fingerprint density at radius 3 is 2.17 bits per heavy atom. The Hall–Kier alpha value is -1.64. The molecule has 0 spiro atoms. The van der Waals surface area contributed by atoms with Crippen LogP contribution in [0.4, 0.5) is 5.69 Å². The second-order valence-electron chi connectivity index (χ2n) is 8.68. The summed E-state index contributed by atoms with van der Waals surface area (Å²) in [5.74, 6) is -1.29. The minimum absolute atomic E-state index is 0.325. The van der Waals surface area contributed by atoms with Crippen LogP contribution in [-0.4, -0.2) is 52.6 Å². The Kier molecular flexibility index (Phi) is 10.6. The molecular formula is C21H37N3O4S. The number of aliphatic carboxylic acids is 1. The van der Waals surface area contributed by atoms with E-state index in [2.05, 4.69) is 16.4 Å². The number of anilines is 1. The van der Waals surface area contributed by atoms with Crippen LogP contribution >= 0.6 is 0 Å². The molecule has 0 radical (unpaired) electrons. The van der Waals surface area contributed by atoms with Gasteiger partial charge in [-0.25, -0.2) is 0 Å². The van der Waals surface area contributed by atoms with Crippen LogP contribution in [0.3, 0.4) is 0 Å². The van der Waals surface area contributed by atoms with Crippen molar-refractivity contribution in [1.82, 2.24) is 4.72 Å². The van der Waals surface area contributed by atoms with Gasteiger partial charge in [0, 0.05) is 18.1 Å². The number of nitrogens with one attached hydrogen (secondary N) is 2. The van der Waals surface area contributed by atoms with Gasteiger partial charge in [0.05, 0.1) is 33.7 Å². The van der Waals surface area contributed by atoms with Gasteiger partial charge in [-0.05, 0) is 30.5 Å². The highest BCUT2D eigenvalue weighted by atomic mass is 32.2. The van der Waals surface area contributed by atoms with E-state index < -0.39 is 22.2 Å². The van der Waals surface area contributed by atoms with Crippen LogP contribution in [-0.2, 0) is 21.4 Å². The summed E-state index contributed by atoms with van der Waals surface area (Å²) in [5, 5.41) is 11.0. The summed E-state index contributed by atoms with van der Waals surface area (Å²) in [5.41, 5.74) is 1.62. The molecule has 8 heteroatoms. The van der Waals surface area contributed by atoms with E-state index in [1.807, 2.05) is 33.3 Å². The minimum Gasteiger partial charge on any atom is -0.550 e. The molecule has 0 aliphatic heterocycles. The largest absolute Gasteiger partial charge is 0.550 e. The number of carboxylic acid groups (broad SMARTS) is 1. The normalized spacial score (nSPS) is 13.2. The van der Waals surface area contributed by atoms with E-state index in [1.54, 1.807) is 12.1 Å². The molecule has 29 heavy (non-hydrogen) atoms. The minimum atomic E-state index is -3.90. The molecule has 0 heterocycles. The van der Waals surface area contributed by atoms with Gasteiger partial charge in [0.15, 0.2) is 0 Å². The van der Waals surface area contributed by atoms with Crippen LogP contribution in [0.2, 0.25) is 0 Å². The zero-order valence-electron chi connectivity index (χ0n) is 18.2. The van der Waals surface area contributed by atoms with Crippen LogP contribution in [0.25, 0.3) is 0 Å². The van der Waals surface area contributed by atoms with Crippen molar-refractivity contribution in [3.63, 3.8) is 0 Å². The van der Waals surface area contributed by atoms with Crippen LogP contribution in [0, 0.1) is 0 Å². The van der Waals surface area contributed by atoms with Crippen LogP contribution < -0.4 is 14.6 Å². The fourth-order valence-electron chi connectivity index (χ4n) is 3.26. The van der Waals surface area contributed by atoms with Crippen molar-refractivity contribution in [1.29, 1.82) is 0 Å². The number of aryl methyl sites for hydroxylation is 1. The standard InChI is InChI=1S/C21H37N3O4S/c1-5-6-7-8-9-10-11-18-12-14-19(15-13-18)22-29(27,28)23-20(16-21(25)26)17-24(2,3)4/h12-15,20,22-23H,5-11,16-17H2,1-4H3. The molecule has 0 saturated heterocycles. The van der Waals surface area contributed by atoms with Crippen molar-refractivity contribution < 1.29 is 22.8 Å². The predicted molar refractivity (Wildman–Crippen MR) is 116 cm³/mol. The number of nitrogens with zero attached hydrogens (tertiary/aromatic N) is 1. The monoisotopic (exact) mass is 427 g/mol. The lowest BCUT2D eigenvalue weighted by molar-refractivity contribution is -0.871. The number of likely N-dealkylation sites (N-methyl/N-ethyl adjacent to an activating group) is 1. The van der Waals surface area contributed by atoms with E-state index >= 15 is 0 Å². The summed E-state index contributed by atoms with van der Waals surface area (Å²) in [6.45, 7) is 2.53. The first-order valence-electron chi connectivity index (χ1n) is 10.4. The van der Waals surface area contributed by atoms with Gasteiger partial charge < -0.3 is 14.4 Å². The molecule has 0 fully saturated rings. The van der Waals surface area contributed by atoms with Gasteiger partial charge in [0.1, 0.15) is 0 Å². The Morgan fingerprint density at radius 1 is 1.03 bits per heavy atom. The molecule has 0 bridgehead atoms. The molecule has 1 aromatic carbocycles. The van der Waals surface area contributed by atoms with Crippen LogP contribution in [0.1, 0.15) is 57.4 Å². The van der Waals surface area contributed by atoms with Crippen molar-refractivity contribution in [3.05, 3.63) is 29.8 Å². The van der Waals surface area contributed by atoms with Gasteiger partial charge in [0.2, 0.25) is 0 Å². The van der Waals surface area contributed by atoms with Gasteiger partial charge in [-0.1, -0.05) is 51.2 Å². The molecule has 0 saturated carbocycles. The molecular weight excluding hydrogens is 390 g/mol. The Bertz CT molecular complexity index is 712. The van der Waals surface area contributed by atoms with Gasteiger partial charge in [-0.15, -0.1) is 0 Å². The topological polar surface area (TPSA) is 98.3 Å². The number of hydrogen-bond donors (Lipinski definition) is 2. The molecule has 0 amide bonds. The molecule has 1 rings (SSSR count). The SMILES string of the molecule is CCCCCCCCc1ccc(NS(=O)(=O)NC(CC(=O)[O-])C[N+](C)(C)C)cc1. The van der Waals surface area contributed by atoms with E-state index in [0.29, 0.717) is 16.7 Å². The quantitative estimate of drug-likeness (QED) is 0.331.